The Kier molecular flexibility index (Phi) is 6.89. The first kappa shape index (κ1) is 20.6. The number of rotatable bonds is 7. The number of benzene rings is 1. The monoisotopic (exact) mass is 383 g/mol. The highest BCUT2D eigenvalue weighted by molar-refractivity contribution is 5.76. The van der Waals surface area contributed by atoms with E-state index in [-0.39, 0.29) is 5.91 Å². The molecule has 152 valence electrons. The number of likely N-dealkylation sites (tertiary alicyclic amines) is 1. The molecule has 0 saturated carbocycles. The quantitative estimate of drug-likeness (QED) is 0.785. The van der Waals surface area contributed by atoms with Gasteiger partial charge in [0.2, 0.25) is 5.91 Å². The average Bonchev–Trinajstić information content (AvgIpc) is 2.96. The van der Waals surface area contributed by atoms with Gasteiger partial charge in [-0.05, 0) is 49.7 Å². The lowest BCUT2D eigenvalue weighted by atomic mass is 9.91. The van der Waals surface area contributed by atoms with Crippen LogP contribution in [0.15, 0.2) is 28.8 Å². The average molecular weight is 384 g/mol. The van der Waals surface area contributed by atoms with Gasteiger partial charge in [-0.2, -0.15) is 0 Å². The van der Waals surface area contributed by atoms with Gasteiger partial charge in [-0.15, -0.1) is 0 Å². The molecule has 1 fully saturated rings. The number of nitrogens with one attached hydrogen (secondary N) is 1. The lowest BCUT2D eigenvalue weighted by Crippen LogP contribution is -2.38. The van der Waals surface area contributed by atoms with Crippen molar-refractivity contribution < 1.29 is 9.32 Å². The van der Waals surface area contributed by atoms with Crippen molar-refractivity contribution in [2.24, 2.45) is 11.8 Å². The summed E-state index contributed by atoms with van der Waals surface area (Å²) in [5.41, 5.74) is 4.44. The fourth-order valence-electron chi connectivity index (χ4n) is 4.43. The molecule has 2 heterocycles. The van der Waals surface area contributed by atoms with Crippen LogP contribution >= 0.6 is 0 Å². The molecular formula is C23H33N3O2. The maximum Gasteiger partial charge on any atom is 0.220 e. The molecule has 28 heavy (non-hydrogen) atoms. The molecule has 5 nitrogen and oxygen atoms in total. The second kappa shape index (κ2) is 9.37. The number of carbonyl (C=O) groups is 1. The van der Waals surface area contributed by atoms with Gasteiger partial charge in [0, 0.05) is 38.2 Å². The first-order chi connectivity index (χ1) is 13.4. The van der Waals surface area contributed by atoms with Crippen LogP contribution in [0.2, 0.25) is 0 Å². The molecule has 1 N–H and O–H groups in total. The predicted octanol–water partition coefficient (Wildman–Crippen LogP) is 4.02. The molecule has 1 amide bonds. The highest BCUT2D eigenvalue weighted by Gasteiger charge is 2.22. The van der Waals surface area contributed by atoms with Crippen molar-refractivity contribution in [3.63, 3.8) is 0 Å². The summed E-state index contributed by atoms with van der Waals surface area (Å²) in [6.45, 7) is 12.3. The summed E-state index contributed by atoms with van der Waals surface area (Å²) in [6, 6.07) is 8.46. The van der Waals surface area contributed by atoms with E-state index in [4.69, 9.17) is 4.52 Å². The van der Waals surface area contributed by atoms with Gasteiger partial charge in [-0.25, -0.2) is 0 Å². The van der Waals surface area contributed by atoms with Crippen molar-refractivity contribution in [3.05, 3.63) is 52.4 Å². The number of hydrogen-bond donors (Lipinski definition) is 1. The fourth-order valence-corrected chi connectivity index (χ4v) is 4.43. The normalized spacial score (nSPS) is 20.3. The molecule has 1 aliphatic rings. The molecule has 1 aromatic carbocycles. The largest absolute Gasteiger partial charge is 0.361 e. The van der Waals surface area contributed by atoms with Crippen LogP contribution in [0.4, 0.5) is 0 Å². The Balaban J connectivity index is 1.54. The Labute approximate surface area is 168 Å². The summed E-state index contributed by atoms with van der Waals surface area (Å²) >= 11 is 0. The summed E-state index contributed by atoms with van der Waals surface area (Å²) in [4.78, 5) is 14.9. The number of piperidine rings is 1. The van der Waals surface area contributed by atoms with E-state index < -0.39 is 0 Å². The van der Waals surface area contributed by atoms with E-state index in [9.17, 15) is 4.79 Å². The van der Waals surface area contributed by atoms with E-state index in [0.29, 0.717) is 19.4 Å². The Morgan fingerprint density at radius 2 is 1.86 bits per heavy atom. The van der Waals surface area contributed by atoms with E-state index >= 15 is 0 Å². The number of aromatic nitrogens is 1. The van der Waals surface area contributed by atoms with Gasteiger partial charge < -0.3 is 9.84 Å². The lowest BCUT2D eigenvalue weighted by Gasteiger charge is -2.35. The zero-order valence-electron chi connectivity index (χ0n) is 17.6. The van der Waals surface area contributed by atoms with Crippen LogP contribution in [0.5, 0.6) is 0 Å². The summed E-state index contributed by atoms with van der Waals surface area (Å²) in [5.74, 6) is 2.37. The highest BCUT2D eigenvalue weighted by atomic mass is 16.5. The molecule has 2 aromatic rings. The summed E-state index contributed by atoms with van der Waals surface area (Å²) in [6.07, 6.45) is 2.43. The van der Waals surface area contributed by atoms with E-state index in [2.05, 4.69) is 53.5 Å². The second-order valence-corrected chi connectivity index (χ2v) is 8.49. The molecule has 0 spiro atoms. The van der Waals surface area contributed by atoms with Crippen LogP contribution < -0.4 is 5.32 Å². The molecule has 2 atom stereocenters. The molecule has 0 unspecified atom stereocenters. The fraction of sp³-hybridized carbons (Fsp3) is 0.565. The van der Waals surface area contributed by atoms with Gasteiger partial charge in [0.05, 0.1) is 5.69 Å². The minimum Gasteiger partial charge on any atom is -0.361 e. The predicted molar refractivity (Wildman–Crippen MR) is 111 cm³/mol. The Bertz CT molecular complexity index is 769. The van der Waals surface area contributed by atoms with Crippen LogP contribution in [-0.4, -0.2) is 29.1 Å². The Hall–Kier alpha value is -2.14. The lowest BCUT2D eigenvalue weighted by molar-refractivity contribution is -0.121. The van der Waals surface area contributed by atoms with Crippen molar-refractivity contribution in [2.75, 3.05) is 13.1 Å². The molecule has 5 heteroatoms. The van der Waals surface area contributed by atoms with E-state index in [1.807, 2.05) is 13.8 Å². The summed E-state index contributed by atoms with van der Waals surface area (Å²) in [5, 5.41) is 7.04. The first-order valence-corrected chi connectivity index (χ1v) is 10.4. The van der Waals surface area contributed by atoms with E-state index in [0.717, 1.165) is 48.5 Å². The minimum atomic E-state index is 0.0648. The Morgan fingerprint density at radius 3 is 2.50 bits per heavy atom. The molecule has 0 aliphatic carbocycles. The van der Waals surface area contributed by atoms with Crippen LogP contribution in [0.3, 0.4) is 0 Å². The maximum atomic E-state index is 12.3. The molecule has 0 radical (unpaired) electrons. The van der Waals surface area contributed by atoms with Crippen molar-refractivity contribution in [1.82, 2.24) is 15.4 Å². The van der Waals surface area contributed by atoms with E-state index in [1.54, 1.807) is 0 Å². The number of aryl methyl sites for hydroxylation is 2. The zero-order chi connectivity index (χ0) is 20.1. The highest BCUT2D eigenvalue weighted by Crippen LogP contribution is 2.23. The van der Waals surface area contributed by atoms with Gasteiger partial charge in [0.1, 0.15) is 5.76 Å². The molecule has 1 aliphatic heterocycles. The third-order valence-electron chi connectivity index (χ3n) is 5.72. The smallest absolute Gasteiger partial charge is 0.220 e. The van der Waals surface area contributed by atoms with E-state index in [1.165, 1.54) is 17.5 Å². The van der Waals surface area contributed by atoms with Crippen molar-refractivity contribution in [3.8, 4) is 0 Å². The molecule has 1 aromatic heterocycles. The zero-order valence-corrected chi connectivity index (χ0v) is 17.6. The standard InChI is InChI=1S/C23H33N3O2/c1-16-11-17(2)14-26(13-16)15-21-8-6-5-7-20(21)12-24-23(27)10-9-22-18(3)25-28-19(22)4/h5-8,16-17H,9-15H2,1-4H3,(H,24,27)/t16-,17-/m0/s1. The molecule has 3 rings (SSSR count). The van der Waals surface area contributed by atoms with Crippen LogP contribution in [-0.2, 0) is 24.3 Å². The van der Waals surface area contributed by atoms with Gasteiger partial charge in [0.25, 0.3) is 0 Å². The van der Waals surface area contributed by atoms with Crippen molar-refractivity contribution in [2.45, 2.75) is 60.0 Å². The van der Waals surface area contributed by atoms with Gasteiger partial charge >= 0.3 is 0 Å². The second-order valence-electron chi connectivity index (χ2n) is 8.49. The summed E-state index contributed by atoms with van der Waals surface area (Å²) < 4.78 is 5.17. The number of hydrogen-bond acceptors (Lipinski definition) is 4. The van der Waals surface area contributed by atoms with Gasteiger partial charge in [0.15, 0.2) is 0 Å². The maximum absolute atomic E-state index is 12.3. The van der Waals surface area contributed by atoms with Crippen LogP contribution in [0, 0.1) is 25.7 Å². The molecule has 0 bridgehead atoms. The molecule has 1 saturated heterocycles. The third-order valence-corrected chi connectivity index (χ3v) is 5.72. The van der Waals surface area contributed by atoms with Crippen molar-refractivity contribution >= 4 is 5.91 Å². The Morgan fingerprint density at radius 1 is 1.18 bits per heavy atom. The van der Waals surface area contributed by atoms with Gasteiger partial charge in [-0.1, -0.05) is 43.3 Å². The van der Waals surface area contributed by atoms with Crippen molar-refractivity contribution in [1.29, 1.82) is 0 Å². The topological polar surface area (TPSA) is 58.4 Å². The van der Waals surface area contributed by atoms with Crippen LogP contribution in [0.25, 0.3) is 0 Å². The number of amides is 1. The number of nitrogens with zero attached hydrogens (tertiary/aromatic N) is 2. The molecular weight excluding hydrogens is 350 g/mol. The first-order valence-electron chi connectivity index (χ1n) is 10.4. The number of carbonyl (C=O) groups excluding carboxylic acids is 1. The minimum absolute atomic E-state index is 0.0648. The SMILES string of the molecule is Cc1noc(C)c1CCC(=O)NCc1ccccc1CN1C[C@@H](C)C[C@H](C)C1. The van der Waals surface area contributed by atoms with Crippen LogP contribution in [0.1, 0.15) is 54.8 Å². The summed E-state index contributed by atoms with van der Waals surface area (Å²) in [7, 11) is 0. The van der Waals surface area contributed by atoms with Gasteiger partial charge in [-0.3, -0.25) is 9.69 Å². The third kappa shape index (κ3) is 5.44.